The van der Waals surface area contributed by atoms with Crippen molar-refractivity contribution >= 4 is 23.4 Å². The molecule has 0 aliphatic carbocycles. The lowest BCUT2D eigenvalue weighted by Gasteiger charge is -2.09. The molecular weight excluding hydrogens is 352 g/mol. The number of rotatable bonds is 7. The summed E-state index contributed by atoms with van der Waals surface area (Å²) >= 11 is 7.91. The second-order valence-corrected chi connectivity index (χ2v) is 7.13. The number of ether oxygens (including phenoxy) is 1. The second kappa shape index (κ2) is 8.95. The lowest BCUT2D eigenvalue weighted by Crippen LogP contribution is -1.94. The predicted molar refractivity (Wildman–Crippen MR) is 104 cm³/mol. The van der Waals surface area contributed by atoms with Crippen molar-refractivity contribution in [3.63, 3.8) is 0 Å². The van der Waals surface area contributed by atoms with Crippen LogP contribution in [0.2, 0.25) is 5.02 Å². The average Bonchev–Trinajstić information content (AvgIpc) is 2.64. The molecule has 0 aromatic heterocycles. The van der Waals surface area contributed by atoms with Gasteiger partial charge in [-0.05, 0) is 47.9 Å². The van der Waals surface area contributed by atoms with Crippen LogP contribution in [0.25, 0.3) is 0 Å². The van der Waals surface area contributed by atoms with Crippen LogP contribution in [-0.4, -0.2) is 11.7 Å². The number of benzene rings is 3. The van der Waals surface area contributed by atoms with Gasteiger partial charge in [-0.15, -0.1) is 0 Å². The van der Waals surface area contributed by atoms with Crippen LogP contribution in [0.5, 0.6) is 5.75 Å². The minimum absolute atomic E-state index is 0.104. The molecule has 0 atom stereocenters. The van der Waals surface area contributed by atoms with Crippen LogP contribution in [0.1, 0.15) is 11.1 Å². The van der Waals surface area contributed by atoms with Crippen LogP contribution in [0.15, 0.2) is 82.6 Å². The van der Waals surface area contributed by atoms with Crippen LogP contribution in [0.3, 0.4) is 0 Å². The van der Waals surface area contributed by atoms with Crippen molar-refractivity contribution in [1.29, 1.82) is 0 Å². The Hall–Kier alpha value is -1.94. The van der Waals surface area contributed by atoms with E-state index < -0.39 is 0 Å². The third-order valence-corrected chi connectivity index (χ3v) is 5.03. The molecule has 0 amide bonds. The molecule has 3 rings (SSSR count). The summed E-state index contributed by atoms with van der Waals surface area (Å²) in [5.74, 6) is 0.844. The predicted octanol–water partition coefficient (Wildman–Crippen LogP) is 5.61. The van der Waals surface area contributed by atoms with Gasteiger partial charge in [-0.1, -0.05) is 65.8 Å². The van der Waals surface area contributed by atoms with Crippen molar-refractivity contribution < 1.29 is 9.84 Å². The van der Waals surface area contributed by atoms with Crippen molar-refractivity contribution in [3.05, 3.63) is 88.9 Å². The van der Waals surface area contributed by atoms with Crippen LogP contribution in [0.4, 0.5) is 0 Å². The molecular formula is C21H19ClO2S. The molecule has 3 aromatic rings. The van der Waals surface area contributed by atoms with Gasteiger partial charge in [0.1, 0.15) is 12.4 Å². The number of hydrogen-bond donors (Lipinski definition) is 1. The molecule has 0 bridgehead atoms. The minimum atomic E-state index is 0.104. The van der Waals surface area contributed by atoms with Gasteiger partial charge in [-0.2, -0.15) is 0 Å². The molecule has 0 saturated heterocycles. The molecule has 0 fully saturated rings. The van der Waals surface area contributed by atoms with Gasteiger partial charge in [0.2, 0.25) is 0 Å². The fourth-order valence-electron chi connectivity index (χ4n) is 2.42. The third kappa shape index (κ3) is 5.27. The van der Waals surface area contributed by atoms with E-state index in [2.05, 4.69) is 18.2 Å². The first kappa shape index (κ1) is 17.9. The Kier molecular flexibility index (Phi) is 6.40. The van der Waals surface area contributed by atoms with Gasteiger partial charge < -0.3 is 9.84 Å². The fourth-order valence-corrected chi connectivity index (χ4v) is 3.67. The summed E-state index contributed by atoms with van der Waals surface area (Å²) in [7, 11) is 0. The normalized spacial score (nSPS) is 10.6. The minimum Gasteiger partial charge on any atom is -0.489 e. The lowest BCUT2D eigenvalue weighted by atomic mass is 10.2. The number of hydrogen-bond acceptors (Lipinski definition) is 3. The zero-order chi connectivity index (χ0) is 17.5. The Labute approximate surface area is 157 Å². The van der Waals surface area contributed by atoms with Crippen molar-refractivity contribution in [2.24, 2.45) is 0 Å². The Bertz CT molecular complexity index is 821. The van der Waals surface area contributed by atoms with Gasteiger partial charge in [-0.3, -0.25) is 0 Å². The molecule has 0 saturated carbocycles. The summed E-state index contributed by atoms with van der Waals surface area (Å²) in [6, 6.07) is 24.1. The maximum atomic E-state index is 9.03. The van der Waals surface area contributed by atoms with Crippen molar-refractivity contribution in [2.45, 2.75) is 22.8 Å². The van der Waals surface area contributed by atoms with E-state index in [4.69, 9.17) is 21.4 Å². The zero-order valence-corrected chi connectivity index (χ0v) is 15.3. The fraction of sp³-hybridized carbons (Fsp3) is 0.143. The van der Waals surface area contributed by atoms with Crippen molar-refractivity contribution in [2.75, 3.05) is 6.61 Å². The third-order valence-electron chi connectivity index (χ3n) is 3.70. The van der Waals surface area contributed by atoms with E-state index in [1.54, 1.807) is 11.8 Å². The Balaban J connectivity index is 1.66. The van der Waals surface area contributed by atoms with E-state index in [0.717, 1.165) is 26.7 Å². The van der Waals surface area contributed by atoms with Crippen LogP contribution >= 0.6 is 23.4 Å². The molecule has 4 heteroatoms. The maximum absolute atomic E-state index is 9.03. The quantitative estimate of drug-likeness (QED) is 0.586. The lowest BCUT2D eigenvalue weighted by molar-refractivity contribution is 0.299. The Morgan fingerprint density at radius 1 is 0.880 bits per heavy atom. The molecule has 25 heavy (non-hydrogen) atoms. The van der Waals surface area contributed by atoms with Gasteiger partial charge in [-0.25, -0.2) is 0 Å². The summed E-state index contributed by atoms with van der Waals surface area (Å²) in [6.45, 7) is 0.656. The van der Waals surface area contributed by atoms with Gasteiger partial charge in [0.25, 0.3) is 0 Å². The van der Waals surface area contributed by atoms with E-state index in [0.29, 0.717) is 18.1 Å². The molecule has 0 spiro atoms. The summed E-state index contributed by atoms with van der Waals surface area (Å²) in [6.07, 6.45) is 0.576. The van der Waals surface area contributed by atoms with Crippen molar-refractivity contribution in [1.82, 2.24) is 0 Å². The topological polar surface area (TPSA) is 29.5 Å². The molecule has 0 aliphatic heterocycles. The highest BCUT2D eigenvalue weighted by molar-refractivity contribution is 7.99. The van der Waals surface area contributed by atoms with Gasteiger partial charge in [0.15, 0.2) is 0 Å². The molecule has 0 unspecified atom stereocenters. The van der Waals surface area contributed by atoms with Gasteiger partial charge in [0.05, 0.1) is 0 Å². The van der Waals surface area contributed by atoms with E-state index in [9.17, 15) is 0 Å². The maximum Gasteiger partial charge on any atom is 0.120 e. The largest absolute Gasteiger partial charge is 0.489 e. The second-order valence-electron chi connectivity index (χ2n) is 5.58. The Morgan fingerprint density at radius 2 is 1.68 bits per heavy atom. The van der Waals surface area contributed by atoms with E-state index in [-0.39, 0.29) is 6.61 Å². The highest BCUT2D eigenvalue weighted by Gasteiger charge is 2.05. The van der Waals surface area contributed by atoms with Crippen LogP contribution < -0.4 is 4.74 Å². The van der Waals surface area contributed by atoms with Gasteiger partial charge in [0, 0.05) is 21.4 Å². The molecule has 1 N–H and O–H groups in total. The van der Waals surface area contributed by atoms with Gasteiger partial charge >= 0.3 is 0 Å². The van der Waals surface area contributed by atoms with E-state index in [1.807, 2.05) is 54.6 Å². The molecule has 3 aromatic carbocycles. The van der Waals surface area contributed by atoms with E-state index >= 15 is 0 Å². The Morgan fingerprint density at radius 3 is 2.44 bits per heavy atom. The van der Waals surface area contributed by atoms with Crippen LogP contribution in [-0.2, 0) is 13.0 Å². The smallest absolute Gasteiger partial charge is 0.120 e. The summed E-state index contributed by atoms with van der Waals surface area (Å²) < 4.78 is 5.88. The first-order chi connectivity index (χ1) is 12.2. The highest BCUT2D eigenvalue weighted by Crippen LogP contribution is 2.32. The van der Waals surface area contributed by atoms with E-state index in [1.165, 1.54) is 0 Å². The SMILES string of the molecule is OCCc1ccc(Sc2cccc(OCc3ccccc3)c2)cc1Cl. The standard InChI is InChI=1S/C21H19ClO2S/c22-21-14-20(10-9-17(21)11-12-23)25-19-8-4-7-18(13-19)24-15-16-5-2-1-3-6-16/h1-10,13-14,23H,11-12,15H2. The highest BCUT2D eigenvalue weighted by atomic mass is 35.5. The first-order valence-electron chi connectivity index (χ1n) is 8.08. The first-order valence-corrected chi connectivity index (χ1v) is 9.28. The van der Waals surface area contributed by atoms with Crippen molar-refractivity contribution in [3.8, 4) is 5.75 Å². The summed E-state index contributed by atoms with van der Waals surface area (Å²) in [5, 5.41) is 9.72. The molecule has 0 aliphatic rings. The molecule has 128 valence electrons. The van der Waals surface area contributed by atoms with Crippen LogP contribution in [0, 0.1) is 0 Å². The monoisotopic (exact) mass is 370 g/mol. The summed E-state index contributed by atoms with van der Waals surface area (Å²) in [4.78, 5) is 2.16. The molecule has 0 heterocycles. The number of halogens is 1. The average molecular weight is 371 g/mol. The summed E-state index contributed by atoms with van der Waals surface area (Å²) in [5.41, 5.74) is 2.11. The molecule has 0 radical (unpaired) electrons. The number of aliphatic hydroxyl groups is 1. The number of aliphatic hydroxyl groups excluding tert-OH is 1. The molecule has 2 nitrogen and oxygen atoms in total. The zero-order valence-electron chi connectivity index (χ0n) is 13.7.